The molecule has 0 aliphatic heterocycles. The highest BCUT2D eigenvalue weighted by molar-refractivity contribution is 9.10. The van der Waals surface area contributed by atoms with Crippen molar-refractivity contribution in [2.24, 2.45) is 0 Å². The highest BCUT2D eigenvalue weighted by Gasteiger charge is 2.22. The summed E-state index contributed by atoms with van der Waals surface area (Å²) in [7, 11) is 1.75. The highest BCUT2D eigenvalue weighted by atomic mass is 79.9. The van der Waals surface area contributed by atoms with Crippen LogP contribution in [-0.4, -0.2) is 19.3 Å². The van der Waals surface area contributed by atoms with Crippen molar-refractivity contribution in [2.45, 2.75) is 44.5 Å². The lowest BCUT2D eigenvalue weighted by atomic mass is 9.95. The summed E-state index contributed by atoms with van der Waals surface area (Å²) in [5.41, 5.74) is 0.856. The molecule has 0 heterocycles. The third kappa shape index (κ3) is 3.53. The van der Waals surface area contributed by atoms with E-state index in [4.69, 9.17) is 9.47 Å². The maximum absolute atomic E-state index is 13.3. The molecule has 0 saturated heterocycles. The minimum atomic E-state index is -0.241. The van der Waals surface area contributed by atoms with Gasteiger partial charge in [0.05, 0.1) is 23.3 Å². The lowest BCUT2D eigenvalue weighted by Gasteiger charge is -2.28. The summed E-state index contributed by atoms with van der Waals surface area (Å²) in [6.45, 7) is 0.444. The normalized spacial score (nSPS) is 24.2. The molecule has 1 fully saturated rings. The minimum absolute atomic E-state index is 0.221. The molecule has 0 radical (unpaired) electrons. The summed E-state index contributed by atoms with van der Waals surface area (Å²) >= 11 is 3.25. The van der Waals surface area contributed by atoms with Gasteiger partial charge >= 0.3 is 0 Å². The van der Waals surface area contributed by atoms with Crippen LogP contribution in [0.25, 0.3) is 0 Å². The van der Waals surface area contributed by atoms with Crippen LogP contribution in [0.5, 0.6) is 0 Å². The van der Waals surface area contributed by atoms with Crippen molar-refractivity contribution in [1.29, 1.82) is 0 Å². The molecule has 2 atom stereocenters. The molecule has 0 aromatic heterocycles. The Hall–Kier alpha value is -0.450. The molecule has 4 heteroatoms. The molecule has 0 spiro atoms. The first-order valence-electron chi connectivity index (χ1n) is 6.28. The summed E-state index contributed by atoms with van der Waals surface area (Å²) in [6.07, 6.45) is 4.77. The van der Waals surface area contributed by atoms with Gasteiger partial charge in [-0.3, -0.25) is 0 Å². The van der Waals surface area contributed by atoms with Crippen LogP contribution in [-0.2, 0) is 16.1 Å². The van der Waals surface area contributed by atoms with Crippen LogP contribution in [0.4, 0.5) is 4.39 Å². The van der Waals surface area contributed by atoms with Gasteiger partial charge in [0.2, 0.25) is 0 Å². The number of hydrogen-bond donors (Lipinski definition) is 0. The second-order valence-corrected chi connectivity index (χ2v) is 5.46. The minimum Gasteiger partial charge on any atom is -0.381 e. The monoisotopic (exact) mass is 316 g/mol. The number of ether oxygens (including phenoxy) is 2. The van der Waals surface area contributed by atoms with Crippen molar-refractivity contribution >= 4 is 15.9 Å². The molecule has 1 aliphatic carbocycles. The van der Waals surface area contributed by atoms with Crippen molar-refractivity contribution in [2.75, 3.05) is 7.11 Å². The molecular weight excluding hydrogens is 299 g/mol. The predicted octanol–water partition coefficient (Wildman–Crippen LogP) is 4.06. The molecular formula is C14H18BrFO2. The number of benzene rings is 1. The first-order valence-corrected chi connectivity index (χ1v) is 7.07. The van der Waals surface area contributed by atoms with E-state index in [2.05, 4.69) is 15.9 Å². The maximum Gasteiger partial charge on any atom is 0.137 e. The van der Waals surface area contributed by atoms with E-state index in [1.54, 1.807) is 13.2 Å². The molecule has 2 nitrogen and oxygen atoms in total. The Morgan fingerprint density at radius 1 is 1.33 bits per heavy atom. The van der Waals surface area contributed by atoms with E-state index >= 15 is 0 Å². The van der Waals surface area contributed by atoms with E-state index in [1.165, 1.54) is 6.07 Å². The van der Waals surface area contributed by atoms with Crippen molar-refractivity contribution in [3.63, 3.8) is 0 Å². The van der Waals surface area contributed by atoms with Crippen molar-refractivity contribution in [3.8, 4) is 0 Å². The summed E-state index contributed by atoms with van der Waals surface area (Å²) < 4.78 is 25.1. The largest absolute Gasteiger partial charge is 0.381 e. The third-order valence-corrected chi connectivity index (χ3v) is 4.31. The van der Waals surface area contributed by atoms with E-state index in [9.17, 15) is 4.39 Å². The van der Waals surface area contributed by atoms with Gasteiger partial charge in [0.1, 0.15) is 5.82 Å². The Balaban J connectivity index is 1.89. The van der Waals surface area contributed by atoms with Gasteiger partial charge in [-0.05, 0) is 53.2 Å². The van der Waals surface area contributed by atoms with Crippen molar-refractivity contribution in [1.82, 2.24) is 0 Å². The zero-order valence-corrected chi connectivity index (χ0v) is 12.1. The lowest BCUT2D eigenvalue weighted by Crippen LogP contribution is -2.27. The Morgan fingerprint density at radius 2 is 2.11 bits per heavy atom. The van der Waals surface area contributed by atoms with Crippen molar-refractivity contribution in [3.05, 3.63) is 34.1 Å². The molecule has 2 rings (SSSR count). The van der Waals surface area contributed by atoms with E-state index in [0.29, 0.717) is 17.2 Å². The Kier molecular flexibility index (Phi) is 5.15. The lowest BCUT2D eigenvalue weighted by molar-refractivity contribution is -0.0365. The van der Waals surface area contributed by atoms with Gasteiger partial charge in [0.15, 0.2) is 0 Å². The Morgan fingerprint density at radius 3 is 2.89 bits per heavy atom. The first kappa shape index (κ1) is 14.0. The van der Waals surface area contributed by atoms with Crippen LogP contribution in [0.2, 0.25) is 0 Å². The SMILES string of the molecule is COC1CCCC(OCc2cccc(F)c2Br)C1. The second kappa shape index (κ2) is 6.64. The molecule has 1 saturated carbocycles. The molecule has 1 aliphatic rings. The number of methoxy groups -OCH3 is 1. The topological polar surface area (TPSA) is 18.5 Å². The van der Waals surface area contributed by atoms with Crippen LogP contribution in [0.1, 0.15) is 31.2 Å². The van der Waals surface area contributed by atoms with E-state index in [0.717, 1.165) is 31.2 Å². The molecule has 18 heavy (non-hydrogen) atoms. The summed E-state index contributed by atoms with van der Waals surface area (Å²) in [5, 5.41) is 0. The van der Waals surface area contributed by atoms with Crippen LogP contribution in [0, 0.1) is 5.82 Å². The molecule has 100 valence electrons. The number of hydrogen-bond acceptors (Lipinski definition) is 2. The van der Waals surface area contributed by atoms with Crippen LogP contribution in [0.3, 0.4) is 0 Å². The van der Waals surface area contributed by atoms with Crippen LogP contribution >= 0.6 is 15.9 Å². The molecule has 0 bridgehead atoms. The second-order valence-electron chi connectivity index (χ2n) is 4.67. The molecule has 1 aromatic carbocycles. The smallest absolute Gasteiger partial charge is 0.137 e. The van der Waals surface area contributed by atoms with Gasteiger partial charge in [0, 0.05) is 7.11 Å². The van der Waals surface area contributed by atoms with Gasteiger partial charge in [0.25, 0.3) is 0 Å². The van der Waals surface area contributed by atoms with Gasteiger partial charge in [-0.25, -0.2) is 4.39 Å². The van der Waals surface area contributed by atoms with E-state index in [-0.39, 0.29) is 11.9 Å². The fourth-order valence-corrected chi connectivity index (χ4v) is 2.71. The summed E-state index contributed by atoms with van der Waals surface area (Å²) in [5.74, 6) is -0.241. The van der Waals surface area contributed by atoms with Gasteiger partial charge in [-0.2, -0.15) is 0 Å². The maximum atomic E-state index is 13.3. The zero-order valence-electron chi connectivity index (χ0n) is 10.5. The standard InChI is InChI=1S/C14H18BrFO2/c1-17-11-5-3-6-12(8-11)18-9-10-4-2-7-13(16)14(10)15/h2,4,7,11-12H,3,5-6,8-9H2,1H3. The zero-order chi connectivity index (χ0) is 13.0. The van der Waals surface area contributed by atoms with Crippen LogP contribution in [0.15, 0.2) is 22.7 Å². The van der Waals surface area contributed by atoms with Gasteiger partial charge < -0.3 is 9.47 Å². The molecule has 1 aromatic rings. The molecule has 2 unspecified atom stereocenters. The average Bonchev–Trinajstić information content (AvgIpc) is 2.41. The summed E-state index contributed by atoms with van der Waals surface area (Å²) in [6, 6.07) is 5.02. The summed E-state index contributed by atoms with van der Waals surface area (Å²) in [4.78, 5) is 0. The van der Waals surface area contributed by atoms with E-state index in [1.807, 2.05) is 6.07 Å². The number of rotatable bonds is 4. The predicted molar refractivity (Wildman–Crippen MR) is 71.9 cm³/mol. The molecule has 0 amide bonds. The number of halogens is 2. The Bertz CT molecular complexity index is 397. The third-order valence-electron chi connectivity index (χ3n) is 3.42. The molecule has 0 N–H and O–H groups in total. The highest BCUT2D eigenvalue weighted by Crippen LogP contribution is 2.26. The van der Waals surface area contributed by atoms with E-state index < -0.39 is 0 Å². The fraction of sp³-hybridized carbons (Fsp3) is 0.571. The Labute approximate surface area is 116 Å². The van der Waals surface area contributed by atoms with Crippen LogP contribution < -0.4 is 0 Å². The van der Waals surface area contributed by atoms with Crippen molar-refractivity contribution < 1.29 is 13.9 Å². The quantitative estimate of drug-likeness (QED) is 0.834. The first-order chi connectivity index (χ1) is 8.70. The fourth-order valence-electron chi connectivity index (χ4n) is 2.34. The van der Waals surface area contributed by atoms with Gasteiger partial charge in [-0.15, -0.1) is 0 Å². The van der Waals surface area contributed by atoms with Gasteiger partial charge in [-0.1, -0.05) is 12.1 Å². The average molecular weight is 317 g/mol.